The number of ether oxygens (including phenoxy) is 3. The first kappa shape index (κ1) is 19.8. The Labute approximate surface area is 154 Å². The number of carbonyl (C=O) groups is 2. The molecule has 0 bridgehead atoms. The summed E-state index contributed by atoms with van der Waals surface area (Å²) in [5.74, 6) is 0.0149. The molecule has 0 aliphatic heterocycles. The summed E-state index contributed by atoms with van der Waals surface area (Å²) in [6.45, 7) is 11.1. The molecule has 0 radical (unpaired) electrons. The van der Waals surface area contributed by atoms with Crippen LogP contribution in [0.2, 0.25) is 0 Å². The van der Waals surface area contributed by atoms with E-state index < -0.39 is 0 Å². The third kappa shape index (κ3) is 3.98. The number of fused-ring (bicyclic) bond motifs is 1. The van der Waals surface area contributed by atoms with Gasteiger partial charge in [-0.2, -0.15) is 0 Å². The van der Waals surface area contributed by atoms with Gasteiger partial charge in [0.15, 0.2) is 11.5 Å². The van der Waals surface area contributed by atoms with Crippen molar-refractivity contribution in [3.63, 3.8) is 0 Å². The molecular formula is C21H26O5. The number of benzene rings is 2. The molecule has 0 atom stereocenters. The molecule has 0 aliphatic rings. The summed E-state index contributed by atoms with van der Waals surface area (Å²) in [5, 5.41) is 1.37. The first-order valence-electron chi connectivity index (χ1n) is 8.89. The van der Waals surface area contributed by atoms with Crippen LogP contribution in [0.4, 0.5) is 0 Å². The topological polar surface area (TPSA) is 61.8 Å². The smallest absolute Gasteiger partial charge is 0.313 e. The van der Waals surface area contributed by atoms with E-state index in [1.54, 1.807) is 34.6 Å². The van der Waals surface area contributed by atoms with Gasteiger partial charge in [-0.3, -0.25) is 9.59 Å². The van der Waals surface area contributed by atoms with Gasteiger partial charge in [0.2, 0.25) is 0 Å². The maximum atomic E-state index is 12.2. The minimum atomic E-state index is -0.345. The van der Waals surface area contributed by atoms with E-state index in [9.17, 15) is 9.59 Å². The maximum Gasteiger partial charge on any atom is 0.313 e. The van der Waals surface area contributed by atoms with Gasteiger partial charge in [0.05, 0.1) is 18.4 Å². The number of rotatable bonds is 6. The van der Waals surface area contributed by atoms with Gasteiger partial charge in [-0.05, 0) is 13.8 Å². The molecule has 0 saturated carbocycles. The zero-order valence-corrected chi connectivity index (χ0v) is 16.2. The Morgan fingerprint density at radius 1 is 0.846 bits per heavy atom. The lowest BCUT2D eigenvalue weighted by Gasteiger charge is -2.20. The second kappa shape index (κ2) is 8.21. The van der Waals surface area contributed by atoms with E-state index in [2.05, 4.69) is 0 Å². The lowest BCUT2D eigenvalue weighted by molar-refractivity contribution is -0.138. The molecule has 0 saturated heterocycles. The molecule has 0 spiro atoms. The summed E-state index contributed by atoms with van der Waals surface area (Å²) in [5.41, 5.74) is 0.631. The summed E-state index contributed by atoms with van der Waals surface area (Å²) >= 11 is 0. The largest absolute Gasteiger partial charge is 0.490 e. The molecule has 0 heterocycles. The third-order valence-corrected chi connectivity index (χ3v) is 3.94. The van der Waals surface area contributed by atoms with Crippen LogP contribution in [0.3, 0.4) is 0 Å². The highest BCUT2D eigenvalue weighted by Gasteiger charge is 2.25. The van der Waals surface area contributed by atoms with Crippen LogP contribution >= 0.6 is 0 Å². The molecule has 0 amide bonds. The molecule has 140 valence electrons. The molecule has 5 nitrogen and oxygen atoms in total. The second-order valence-electron chi connectivity index (χ2n) is 6.74. The van der Waals surface area contributed by atoms with Crippen molar-refractivity contribution in [3.8, 4) is 17.2 Å². The highest BCUT2D eigenvalue weighted by Crippen LogP contribution is 2.46. The summed E-state index contributed by atoms with van der Waals surface area (Å²) < 4.78 is 17.1. The molecule has 2 aromatic carbocycles. The second-order valence-corrected chi connectivity index (χ2v) is 6.74. The normalized spacial score (nSPS) is 11.1. The first-order chi connectivity index (χ1) is 12.3. The maximum absolute atomic E-state index is 12.2. The fourth-order valence-electron chi connectivity index (χ4n) is 2.46. The quantitative estimate of drug-likeness (QED) is 0.555. The Balaban J connectivity index is 2.73. The average molecular weight is 358 g/mol. The molecule has 0 aromatic heterocycles. The van der Waals surface area contributed by atoms with Gasteiger partial charge in [-0.25, -0.2) is 0 Å². The van der Waals surface area contributed by atoms with Gasteiger partial charge in [0, 0.05) is 16.3 Å². The van der Waals surface area contributed by atoms with E-state index in [4.69, 9.17) is 14.2 Å². The van der Waals surface area contributed by atoms with Gasteiger partial charge < -0.3 is 14.2 Å². The number of carbonyl (C=O) groups excluding carboxylic acids is 2. The van der Waals surface area contributed by atoms with Crippen molar-refractivity contribution < 1.29 is 23.8 Å². The summed E-state index contributed by atoms with van der Waals surface area (Å²) in [6, 6.07) is 7.36. The SMILES string of the molecule is CCOc1c(C)c(OC(=O)C(C)C)c2ccccc2c1OC(=O)C(C)C. The van der Waals surface area contributed by atoms with Crippen molar-refractivity contribution >= 4 is 22.7 Å². The van der Waals surface area contributed by atoms with E-state index in [1.807, 2.05) is 31.2 Å². The van der Waals surface area contributed by atoms with Gasteiger partial charge >= 0.3 is 11.9 Å². The third-order valence-electron chi connectivity index (χ3n) is 3.94. The van der Waals surface area contributed by atoms with Gasteiger partial charge in [0.25, 0.3) is 0 Å². The molecule has 26 heavy (non-hydrogen) atoms. The zero-order valence-electron chi connectivity index (χ0n) is 16.2. The molecular weight excluding hydrogens is 332 g/mol. The number of hydrogen-bond acceptors (Lipinski definition) is 5. The minimum absolute atomic E-state index is 0.262. The van der Waals surface area contributed by atoms with Crippen LogP contribution in [0.5, 0.6) is 17.2 Å². The Hall–Kier alpha value is -2.56. The van der Waals surface area contributed by atoms with E-state index >= 15 is 0 Å². The monoisotopic (exact) mass is 358 g/mol. The van der Waals surface area contributed by atoms with Gasteiger partial charge in [0.1, 0.15) is 5.75 Å². The van der Waals surface area contributed by atoms with Crippen LogP contribution < -0.4 is 14.2 Å². The van der Waals surface area contributed by atoms with Crippen molar-refractivity contribution in [1.29, 1.82) is 0 Å². The van der Waals surface area contributed by atoms with Gasteiger partial charge in [-0.1, -0.05) is 52.0 Å². The predicted octanol–water partition coefficient (Wildman–Crippen LogP) is 4.67. The number of esters is 2. The van der Waals surface area contributed by atoms with Crippen molar-refractivity contribution in [2.75, 3.05) is 6.61 Å². The van der Waals surface area contributed by atoms with Crippen molar-refractivity contribution in [2.45, 2.75) is 41.5 Å². The Kier molecular flexibility index (Phi) is 6.24. The highest BCUT2D eigenvalue weighted by molar-refractivity contribution is 6.00. The van der Waals surface area contributed by atoms with Gasteiger partial charge in [-0.15, -0.1) is 0 Å². The van der Waals surface area contributed by atoms with Crippen LogP contribution in [0.15, 0.2) is 24.3 Å². The minimum Gasteiger partial charge on any atom is -0.490 e. The summed E-state index contributed by atoms with van der Waals surface area (Å²) in [4.78, 5) is 24.4. The van der Waals surface area contributed by atoms with E-state index in [-0.39, 0.29) is 23.8 Å². The molecule has 2 rings (SSSR count). The molecule has 2 aromatic rings. The van der Waals surface area contributed by atoms with Crippen molar-refractivity contribution in [1.82, 2.24) is 0 Å². The standard InChI is InChI=1S/C21H26O5/c1-7-24-18-14(6)17(25-20(22)12(2)3)15-10-8-9-11-16(15)19(18)26-21(23)13(4)5/h8-13H,7H2,1-6H3. The molecule has 5 heteroatoms. The summed E-state index contributed by atoms with van der Waals surface area (Å²) in [7, 11) is 0. The zero-order chi connectivity index (χ0) is 19.4. The Morgan fingerprint density at radius 2 is 1.31 bits per heavy atom. The van der Waals surface area contributed by atoms with Crippen LogP contribution in [0.1, 0.15) is 40.2 Å². The Morgan fingerprint density at radius 3 is 1.77 bits per heavy atom. The first-order valence-corrected chi connectivity index (χ1v) is 8.89. The van der Waals surface area contributed by atoms with E-state index in [1.165, 1.54) is 0 Å². The van der Waals surface area contributed by atoms with Crippen LogP contribution in [0, 0.1) is 18.8 Å². The predicted molar refractivity (Wildman–Crippen MR) is 101 cm³/mol. The fourth-order valence-corrected chi connectivity index (χ4v) is 2.46. The highest BCUT2D eigenvalue weighted by atomic mass is 16.6. The average Bonchev–Trinajstić information content (AvgIpc) is 2.60. The van der Waals surface area contributed by atoms with Crippen LogP contribution in [0.25, 0.3) is 10.8 Å². The Bertz CT molecular complexity index is 821. The number of hydrogen-bond donors (Lipinski definition) is 0. The van der Waals surface area contributed by atoms with Crippen LogP contribution in [-0.2, 0) is 9.59 Å². The molecule has 0 N–H and O–H groups in total. The van der Waals surface area contributed by atoms with Crippen molar-refractivity contribution in [2.24, 2.45) is 11.8 Å². The fraction of sp³-hybridized carbons (Fsp3) is 0.429. The lowest BCUT2D eigenvalue weighted by Crippen LogP contribution is -2.18. The lowest BCUT2D eigenvalue weighted by atomic mass is 10.0. The van der Waals surface area contributed by atoms with Crippen LogP contribution in [-0.4, -0.2) is 18.5 Å². The van der Waals surface area contributed by atoms with E-state index in [0.29, 0.717) is 40.2 Å². The molecule has 0 aliphatic carbocycles. The summed E-state index contributed by atoms with van der Waals surface area (Å²) in [6.07, 6.45) is 0. The molecule has 0 fully saturated rings. The van der Waals surface area contributed by atoms with E-state index in [0.717, 1.165) is 0 Å². The van der Waals surface area contributed by atoms with Crippen molar-refractivity contribution in [3.05, 3.63) is 29.8 Å². The molecule has 0 unspecified atom stereocenters.